The standard InChI is InChI=1S/C23H18F3N2O/c1-2-4-13-7-9-15-19(11-13)28(12-14-8-10-17(24)22(26)21(14)25)18-6-3-5-16(20(15)18)23(27)29/h3,5-8,10-11H,2,4,12H2,1H3,(H2,27,29). The molecule has 29 heavy (non-hydrogen) atoms. The minimum Gasteiger partial charge on any atom is -0.366 e. The Labute approximate surface area is 165 Å². The van der Waals surface area contributed by atoms with E-state index in [2.05, 4.69) is 13.0 Å². The van der Waals surface area contributed by atoms with Crippen LogP contribution < -0.4 is 5.73 Å². The minimum absolute atomic E-state index is 0.00747. The molecule has 0 bridgehead atoms. The Kier molecular flexibility index (Phi) is 4.78. The number of carbonyl (C=O) groups excluding carboxylic acids is 1. The molecule has 6 heteroatoms. The van der Waals surface area contributed by atoms with Crippen LogP contribution >= 0.6 is 0 Å². The molecule has 147 valence electrons. The Morgan fingerprint density at radius 3 is 2.62 bits per heavy atom. The third kappa shape index (κ3) is 3.14. The summed E-state index contributed by atoms with van der Waals surface area (Å²) in [6, 6.07) is 14.3. The van der Waals surface area contributed by atoms with E-state index >= 15 is 0 Å². The second-order valence-corrected chi connectivity index (χ2v) is 7.00. The highest BCUT2D eigenvalue weighted by Gasteiger charge is 2.19. The molecule has 1 amide bonds. The lowest BCUT2D eigenvalue weighted by Crippen LogP contribution is -2.11. The molecule has 0 aliphatic rings. The van der Waals surface area contributed by atoms with Crippen molar-refractivity contribution in [2.24, 2.45) is 5.73 Å². The number of aromatic nitrogens is 1. The van der Waals surface area contributed by atoms with Crippen LogP contribution in [-0.4, -0.2) is 10.5 Å². The summed E-state index contributed by atoms with van der Waals surface area (Å²) < 4.78 is 43.2. The molecule has 0 saturated heterocycles. The summed E-state index contributed by atoms with van der Waals surface area (Å²) in [5.74, 6) is -4.54. The van der Waals surface area contributed by atoms with E-state index in [0.29, 0.717) is 21.9 Å². The quantitative estimate of drug-likeness (QED) is 0.469. The minimum atomic E-state index is -1.50. The molecule has 0 aliphatic heterocycles. The molecular formula is C23H18F3N2O. The second-order valence-electron chi connectivity index (χ2n) is 7.00. The van der Waals surface area contributed by atoms with E-state index in [1.165, 1.54) is 6.07 Å². The molecule has 4 rings (SSSR count). The predicted octanol–water partition coefficient (Wildman–Crippen LogP) is 5.11. The first kappa shape index (κ1) is 19.1. The number of aryl methyl sites for hydroxylation is 1. The van der Waals surface area contributed by atoms with Gasteiger partial charge in [-0.1, -0.05) is 31.5 Å². The first-order valence-corrected chi connectivity index (χ1v) is 9.30. The van der Waals surface area contributed by atoms with Crippen LogP contribution in [0.1, 0.15) is 34.8 Å². The number of rotatable bonds is 5. The average molecular weight is 395 g/mol. The van der Waals surface area contributed by atoms with Crippen LogP contribution in [-0.2, 0) is 13.0 Å². The van der Waals surface area contributed by atoms with Crippen molar-refractivity contribution in [3.63, 3.8) is 0 Å². The zero-order valence-corrected chi connectivity index (χ0v) is 15.7. The van der Waals surface area contributed by atoms with Crippen LogP contribution in [0.4, 0.5) is 13.2 Å². The molecule has 0 spiro atoms. The van der Waals surface area contributed by atoms with Gasteiger partial charge in [0.1, 0.15) is 0 Å². The number of carbonyl (C=O) groups is 1. The van der Waals surface area contributed by atoms with Gasteiger partial charge in [0.15, 0.2) is 17.5 Å². The Morgan fingerprint density at radius 2 is 1.90 bits per heavy atom. The van der Waals surface area contributed by atoms with Gasteiger partial charge in [0.05, 0.1) is 17.6 Å². The van der Waals surface area contributed by atoms with Gasteiger partial charge in [0.25, 0.3) is 0 Å². The molecule has 0 aliphatic carbocycles. The monoisotopic (exact) mass is 395 g/mol. The maximum atomic E-state index is 14.4. The maximum Gasteiger partial charge on any atom is 0.249 e. The highest BCUT2D eigenvalue weighted by molar-refractivity contribution is 6.17. The lowest BCUT2D eigenvalue weighted by molar-refractivity contribution is 0.100. The lowest BCUT2D eigenvalue weighted by Gasteiger charge is -2.10. The molecule has 0 atom stereocenters. The fourth-order valence-corrected chi connectivity index (χ4v) is 3.77. The number of nitrogens with zero attached hydrogens (tertiary/aromatic N) is 1. The van der Waals surface area contributed by atoms with Gasteiger partial charge >= 0.3 is 0 Å². The van der Waals surface area contributed by atoms with Gasteiger partial charge in [-0.05, 0) is 42.3 Å². The van der Waals surface area contributed by atoms with Crippen molar-refractivity contribution in [2.45, 2.75) is 26.3 Å². The Bertz CT molecular complexity index is 1260. The molecule has 1 aromatic heterocycles. The highest BCUT2D eigenvalue weighted by atomic mass is 19.2. The summed E-state index contributed by atoms with van der Waals surface area (Å²) in [6.45, 7) is 2.02. The van der Waals surface area contributed by atoms with Crippen LogP contribution in [0.3, 0.4) is 0 Å². The van der Waals surface area contributed by atoms with Crippen LogP contribution in [0.15, 0.2) is 42.5 Å². The molecule has 1 heterocycles. The second kappa shape index (κ2) is 7.28. The van der Waals surface area contributed by atoms with Crippen molar-refractivity contribution in [1.29, 1.82) is 0 Å². The molecule has 4 aromatic rings. The predicted molar refractivity (Wildman–Crippen MR) is 106 cm³/mol. The first-order chi connectivity index (χ1) is 13.9. The van der Waals surface area contributed by atoms with Gasteiger partial charge in [0, 0.05) is 21.9 Å². The molecular weight excluding hydrogens is 377 g/mol. The molecule has 0 unspecified atom stereocenters. The van der Waals surface area contributed by atoms with Gasteiger partial charge in [-0.3, -0.25) is 4.79 Å². The largest absolute Gasteiger partial charge is 0.366 e. The Balaban J connectivity index is 2.02. The average Bonchev–Trinajstić information content (AvgIpc) is 3.01. The van der Waals surface area contributed by atoms with Crippen molar-refractivity contribution >= 4 is 27.7 Å². The fraction of sp³-hybridized carbons (Fsp3) is 0.174. The summed E-state index contributed by atoms with van der Waals surface area (Å²) in [7, 11) is 0. The van der Waals surface area contributed by atoms with Gasteiger partial charge in [-0.2, -0.15) is 0 Å². The Morgan fingerprint density at radius 1 is 1.10 bits per heavy atom. The van der Waals surface area contributed by atoms with Crippen molar-refractivity contribution in [3.8, 4) is 0 Å². The van der Waals surface area contributed by atoms with Gasteiger partial charge in [-0.25, -0.2) is 13.2 Å². The summed E-state index contributed by atoms with van der Waals surface area (Å²) in [5.41, 5.74) is 8.30. The van der Waals surface area contributed by atoms with Crippen LogP contribution in [0.2, 0.25) is 0 Å². The summed E-state index contributed by atoms with van der Waals surface area (Å²) in [6.07, 6.45) is 1.76. The summed E-state index contributed by atoms with van der Waals surface area (Å²) >= 11 is 0. The van der Waals surface area contributed by atoms with Crippen LogP contribution in [0.25, 0.3) is 21.8 Å². The SMILES string of the molecule is CCCc1c[c]c2c3c(C(N)=O)cccc3n(Cc3ccc(F)c(F)c3F)c2c1. The van der Waals surface area contributed by atoms with Gasteiger partial charge < -0.3 is 10.3 Å². The van der Waals surface area contributed by atoms with E-state index in [1.807, 2.05) is 12.1 Å². The number of fused-ring (bicyclic) bond motifs is 3. The fourth-order valence-electron chi connectivity index (χ4n) is 3.77. The number of nitrogens with two attached hydrogens (primary N) is 1. The topological polar surface area (TPSA) is 48.0 Å². The number of amides is 1. The maximum absolute atomic E-state index is 14.4. The van der Waals surface area contributed by atoms with Gasteiger partial charge in [-0.15, -0.1) is 0 Å². The number of halogens is 3. The zero-order valence-electron chi connectivity index (χ0n) is 15.7. The van der Waals surface area contributed by atoms with E-state index in [4.69, 9.17) is 5.73 Å². The van der Waals surface area contributed by atoms with Crippen molar-refractivity contribution in [3.05, 3.63) is 82.7 Å². The number of hydrogen-bond donors (Lipinski definition) is 1. The van der Waals surface area contributed by atoms with E-state index in [-0.39, 0.29) is 12.1 Å². The molecule has 2 N–H and O–H groups in total. The van der Waals surface area contributed by atoms with Crippen LogP contribution in [0.5, 0.6) is 0 Å². The normalized spacial score (nSPS) is 11.4. The smallest absolute Gasteiger partial charge is 0.249 e. The zero-order chi connectivity index (χ0) is 20.7. The van der Waals surface area contributed by atoms with E-state index < -0.39 is 23.4 Å². The number of primary amides is 1. The number of hydrogen-bond acceptors (Lipinski definition) is 1. The number of benzene rings is 3. The van der Waals surface area contributed by atoms with Crippen molar-refractivity contribution in [1.82, 2.24) is 4.57 Å². The summed E-state index contributed by atoms with van der Waals surface area (Å²) in [4.78, 5) is 12.0. The van der Waals surface area contributed by atoms with Crippen LogP contribution in [0, 0.1) is 23.5 Å². The van der Waals surface area contributed by atoms with E-state index in [1.54, 1.807) is 22.8 Å². The third-order valence-corrected chi connectivity index (χ3v) is 5.10. The van der Waals surface area contributed by atoms with Crippen molar-refractivity contribution < 1.29 is 18.0 Å². The third-order valence-electron chi connectivity index (χ3n) is 5.10. The lowest BCUT2D eigenvalue weighted by atomic mass is 10.0. The van der Waals surface area contributed by atoms with Gasteiger partial charge in [0.2, 0.25) is 5.91 Å². The molecule has 1 radical (unpaired) electrons. The molecule has 3 nitrogen and oxygen atoms in total. The van der Waals surface area contributed by atoms with Crippen molar-refractivity contribution in [2.75, 3.05) is 0 Å². The summed E-state index contributed by atoms with van der Waals surface area (Å²) in [5, 5.41) is 1.29. The highest BCUT2D eigenvalue weighted by Crippen LogP contribution is 2.33. The molecule has 3 aromatic carbocycles. The molecule has 0 fully saturated rings. The van der Waals surface area contributed by atoms with E-state index in [0.717, 1.165) is 30.0 Å². The molecule has 0 saturated carbocycles. The first-order valence-electron chi connectivity index (χ1n) is 9.30. The van der Waals surface area contributed by atoms with E-state index in [9.17, 15) is 18.0 Å². The Hall–Kier alpha value is -3.28.